The Morgan fingerprint density at radius 2 is 1.88 bits per heavy atom. The van der Waals surface area contributed by atoms with Crippen molar-refractivity contribution < 1.29 is 19.1 Å². The Morgan fingerprint density at radius 3 is 2.58 bits per heavy atom. The molecule has 9 nitrogen and oxygen atoms in total. The molecule has 1 fully saturated rings. The molecule has 1 unspecified atom stereocenters. The van der Waals surface area contributed by atoms with E-state index in [1.54, 1.807) is 20.2 Å². The van der Waals surface area contributed by atoms with Crippen LogP contribution in [0.2, 0.25) is 0 Å². The summed E-state index contributed by atoms with van der Waals surface area (Å²) in [6, 6.07) is 12.2. The Labute approximate surface area is 193 Å². The van der Waals surface area contributed by atoms with E-state index in [0.29, 0.717) is 29.1 Å². The summed E-state index contributed by atoms with van der Waals surface area (Å²) in [5.41, 5.74) is 1.66. The number of para-hydroxylation sites is 1. The van der Waals surface area contributed by atoms with Gasteiger partial charge in [0.2, 0.25) is 0 Å². The molecule has 1 saturated heterocycles. The summed E-state index contributed by atoms with van der Waals surface area (Å²) in [5.74, 6) is 1.09. The molecule has 1 aromatic heterocycles. The number of piperazine rings is 1. The van der Waals surface area contributed by atoms with Crippen molar-refractivity contribution in [2.75, 3.05) is 51.3 Å². The van der Waals surface area contributed by atoms with Gasteiger partial charge in [-0.1, -0.05) is 24.3 Å². The number of aromatic nitrogens is 1. The van der Waals surface area contributed by atoms with Crippen molar-refractivity contribution in [1.29, 1.82) is 0 Å². The Bertz CT molecular complexity index is 1020. The molecule has 1 aromatic carbocycles. The molecule has 33 heavy (non-hydrogen) atoms. The molecule has 2 N–H and O–H groups in total. The molecule has 1 atom stereocenters. The van der Waals surface area contributed by atoms with Gasteiger partial charge in [-0.2, -0.15) is 0 Å². The fourth-order valence-corrected chi connectivity index (χ4v) is 4.23. The number of pyridine rings is 1. The molecule has 2 amide bonds. The van der Waals surface area contributed by atoms with Crippen LogP contribution in [0.4, 0.5) is 10.6 Å². The molecular formula is C24H29N5O4. The minimum atomic E-state index is -0.668. The van der Waals surface area contributed by atoms with Crippen LogP contribution >= 0.6 is 0 Å². The molecule has 0 saturated carbocycles. The number of methoxy groups -OCH3 is 1. The van der Waals surface area contributed by atoms with E-state index >= 15 is 0 Å². The standard InChI is InChI=1S/C24H29N5O4/c1-3-33-23(30)21-18(16-28-12-14-29(15-13-28)20-10-6-7-11-25-20)26-24(31)27-22(21)17-8-4-5-9-19(17)32-2/h4-11,22H,3,12-16H2,1-2H3,(H2,26,27,31). The van der Waals surface area contributed by atoms with Crippen molar-refractivity contribution in [1.82, 2.24) is 20.5 Å². The molecule has 0 aliphatic carbocycles. The van der Waals surface area contributed by atoms with Gasteiger partial charge in [-0.3, -0.25) is 4.90 Å². The number of urea groups is 1. The summed E-state index contributed by atoms with van der Waals surface area (Å²) >= 11 is 0. The summed E-state index contributed by atoms with van der Waals surface area (Å²) < 4.78 is 10.9. The van der Waals surface area contributed by atoms with Crippen LogP contribution in [-0.4, -0.2) is 68.3 Å². The van der Waals surface area contributed by atoms with Crippen LogP contribution in [0.1, 0.15) is 18.5 Å². The SMILES string of the molecule is CCOC(=O)C1=C(CN2CCN(c3ccccn3)CC2)NC(=O)NC1c1ccccc1OC. The van der Waals surface area contributed by atoms with Crippen molar-refractivity contribution in [3.05, 3.63) is 65.5 Å². The maximum absolute atomic E-state index is 13.0. The number of ether oxygens (including phenoxy) is 2. The number of benzene rings is 1. The highest BCUT2D eigenvalue weighted by molar-refractivity contribution is 5.95. The molecule has 2 aliphatic heterocycles. The summed E-state index contributed by atoms with van der Waals surface area (Å²) in [6.07, 6.45) is 1.79. The minimum absolute atomic E-state index is 0.241. The van der Waals surface area contributed by atoms with Crippen LogP contribution in [0, 0.1) is 0 Å². The van der Waals surface area contributed by atoms with Gasteiger partial charge in [0.1, 0.15) is 11.6 Å². The van der Waals surface area contributed by atoms with Gasteiger partial charge >= 0.3 is 12.0 Å². The lowest BCUT2D eigenvalue weighted by Gasteiger charge is -2.37. The average molecular weight is 452 g/mol. The quantitative estimate of drug-likeness (QED) is 0.623. The smallest absolute Gasteiger partial charge is 0.338 e. The zero-order chi connectivity index (χ0) is 23.2. The first kappa shape index (κ1) is 22.6. The Kier molecular flexibility index (Phi) is 7.09. The van der Waals surface area contributed by atoms with Crippen LogP contribution in [0.25, 0.3) is 0 Å². The maximum atomic E-state index is 13.0. The number of hydrogen-bond donors (Lipinski definition) is 2. The third-order valence-electron chi connectivity index (χ3n) is 5.83. The van der Waals surface area contributed by atoms with Gasteiger partial charge in [0.25, 0.3) is 0 Å². The normalized spacial score (nSPS) is 19.0. The Balaban J connectivity index is 1.59. The molecule has 2 aliphatic rings. The second kappa shape index (κ2) is 10.4. The molecule has 4 rings (SSSR count). The largest absolute Gasteiger partial charge is 0.496 e. The lowest BCUT2D eigenvalue weighted by molar-refractivity contribution is -0.139. The van der Waals surface area contributed by atoms with Gasteiger partial charge in [-0.05, 0) is 25.1 Å². The number of nitrogens with one attached hydrogen (secondary N) is 2. The number of esters is 1. The second-order valence-electron chi connectivity index (χ2n) is 7.84. The Hall–Kier alpha value is -3.59. The molecule has 0 radical (unpaired) electrons. The molecule has 0 bridgehead atoms. The lowest BCUT2D eigenvalue weighted by Crippen LogP contribution is -2.52. The van der Waals surface area contributed by atoms with Crippen molar-refractivity contribution in [2.24, 2.45) is 0 Å². The first-order valence-electron chi connectivity index (χ1n) is 11.1. The van der Waals surface area contributed by atoms with Crippen molar-refractivity contribution >= 4 is 17.8 Å². The van der Waals surface area contributed by atoms with Gasteiger partial charge < -0.3 is 25.0 Å². The average Bonchev–Trinajstić information content (AvgIpc) is 2.84. The number of hydrogen-bond acceptors (Lipinski definition) is 7. The number of anilines is 1. The van der Waals surface area contributed by atoms with Gasteiger partial charge in [0.05, 0.1) is 25.3 Å². The van der Waals surface area contributed by atoms with Crippen LogP contribution < -0.4 is 20.3 Å². The van der Waals surface area contributed by atoms with E-state index in [1.807, 2.05) is 42.5 Å². The van der Waals surface area contributed by atoms with E-state index in [-0.39, 0.29) is 12.6 Å². The first-order chi connectivity index (χ1) is 16.1. The molecule has 9 heteroatoms. The van der Waals surface area contributed by atoms with E-state index in [2.05, 4.69) is 25.4 Å². The zero-order valence-corrected chi connectivity index (χ0v) is 18.9. The minimum Gasteiger partial charge on any atom is -0.496 e. The molecular weight excluding hydrogens is 422 g/mol. The van der Waals surface area contributed by atoms with Crippen LogP contribution in [-0.2, 0) is 9.53 Å². The highest BCUT2D eigenvalue weighted by Crippen LogP contribution is 2.33. The number of nitrogens with zero attached hydrogens (tertiary/aromatic N) is 3. The maximum Gasteiger partial charge on any atom is 0.338 e. The van der Waals surface area contributed by atoms with Crippen molar-refractivity contribution in [3.63, 3.8) is 0 Å². The van der Waals surface area contributed by atoms with Crippen molar-refractivity contribution in [2.45, 2.75) is 13.0 Å². The molecule has 3 heterocycles. The monoisotopic (exact) mass is 451 g/mol. The predicted octanol–water partition coefficient (Wildman–Crippen LogP) is 2.08. The zero-order valence-electron chi connectivity index (χ0n) is 18.9. The van der Waals surface area contributed by atoms with E-state index in [9.17, 15) is 9.59 Å². The summed E-state index contributed by atoms with van der Waals surface area (Å²) in [7, 11) is 1.57. The third kappa shape index (κ3) is 5.09. The fourth-order valence-electron chi connectivity index (χ4n) is 4.23. The predicted molar refractivity (Wildman–Crippen MR) is 124 cm³/mol. The van der Waals surface area contributed by atoms with Crippen molar-refractivity contribution in [3.8, 4) is 5.75 Å². The van der Waals surface area contributed by atoms with E-state index in [4.69, 9.17) is 9.47 Å². The first-order valence-corrected chi connectivity index (χ1v) is 11.1. The molecule has 174 valence electrons. The van der Waals surface area contributed by atoms with Gasteiger partial charge in [-0.15, -0.1) is 0 Å². The summed E-state index contributed by atoms with van der Waals surface area (Å²) in [6.45, 7) is 5.61. The lowest BCUT2D eigenvalue weighted by atomic mass is 9.94. The Morgan fingerprint density at radius 1 is 1.12 bits per heavy atom. The van der Waals surface area contributed by atoms with Gasteiger partial charge in [0.15, 0.2) is 0 Å². The highest BCUT2D eigenvalue weighted by atomic mass is 16.5. The number of carbonyl (C=O) groups excluding carboxylic acids is 2. The topological polar surface area (TPSA) is 96.0 Å². The van der Waals surface area contributed by atoms with Crippen LogP contribution in [0.3, 0.4) is 0 Å². The third-order valence-corrected chi connectivity index (χ3v) is 5.83. The highest BCUT2D eigenvalue weighted by Gasteiger charge is 2.36. The number of amides is 2. The van der Waals surface area contributed by atoms with E-state index in [1.165, 1.54) is 0 Å². The number of carbonyl (C=O) groups is 2. The molecule has 0 spiro atoms. The summed E-state index contributed by atoms with van der Waals surface area (Å²) in [5, 5.41) is 5.72. The van der Waals surface area contributed by atoms with Crippen LogP contribution in [0.15, 0.2) is 59.9 Å². The molecule has 2 aromatic rings. The summed E-state index contributed by atoms with van der Waals surface area (Å²) in [4.78, 5) is 34.5. The second-order valence-corrected chi connectivity index (χ2v) is 7.84. The van der Waals surface area contributed by atoms with Gasteiger partial charge in [0, 0.05) is 50.2 Å². The number of rotatable bonds is 7. The van der Waals surface area contributed by atoms with Crippen LogP contribution in [0.5, 0.6) is 5.75 Å². The van der Waals surface area contributed by atoms with Gasteiger partial charge in [-0.25, -0.2) is 14.6 Å². The van der Waals surface area contributed by atoms with E-state index in [0.717, 1.165) is 32.0 Å². The fraction of sp³-hybridized carbons (Fsp3) is 0.375. The van der Waals surface area contributed by atoms with E-state index < -0.39 is 12.0 Å².